The molecule has 1 aliphatic rings. The molecular formula is C20H27N3O4S. The van der Waals surface area contributed by atoms with Crippen molar-refractivity contribution in [3.05, 3.63) is 52.8 Å². The van der Waals surface area contributed by atoms with Crippen molar-refractivity contribution in [2.75, 3.05) is 38.6 Å². The molecule has 8 heteroatoms. The van der Waals surface area contributed by atoms with E-state index in [4.69, 9.17) is 4.74 Å². The summed E-state index contributed by atoms with van der Waals surface area (Å²) in [6, 6.07) is 9.74. The molecule has 0 saturated carbocycles. The molecule has 1 saturated heterocycles. The van der Waals surface area contributed by atoms with E-state index in [-0.39, 0.29) is 18.2 Å². The van der Waals surface area contributed by atoms with Gasteiger partial charge in [-0.15, -0.1) is 0 Å². The fraction of sp³-hybridized carbons (Fsp3) is 0.450. The summed E-state index contributed by atoms with van der Waals surface area (Å²) in [5.74, 6) is -0.398. The van der Waals surface area contributed by atoms with Gasteiger partial charge < -0.3 is 14.6 Å². The molecule has 2 aromatic rings. The lowest BCUT2D eigenvalue weighted by molar-refractivity contribution is 0.0730. The predicted molar refractivity (Wildman–Crippen MR) is 108 cm³/mol. The predicted octanol–water partition coefficient (Wildman–Crippen LogP) is 1.79. The summed E-state index contributed by atoms with van der Waals surface area (Å²) in [7, 11) is -3.40. The number of ether oxygens (including phenoxy) is 1. The highest BCUT2D eigenvalue weighted by molar-refractivity contribution is 7.89. The number of rotatable bonds is 6. The van der Waals surface area contributed by atoms with Gasteiger partial charge in [0.2, 0.25) is 10.0 Å². The molecule has 1 fully saturated rings. The number of aryl methyl sites for hydroxylation is 3. The van der Waals surface area contributed by atoms with E-state index in [0.717, 1.165) is 22.6 Å². The Balaban J connectivity index is 1.73. The molecule has 1 aliphatic heterocycles. The van der Waals surface area contributed by atoms with Gasteiger partial charge in [0.1, 0.15) is 0 Å². The van der Waals surface area contributed by atoms with Crippen molar-refractivity contribution in [2.45, 2.75) is 20.8 Å². The van der Waals surface area contributed by atoms with Crippen LogP contribution in [0.5, 0.6) is 0 Å². The van der Waals surface area contributed by atoms with Gasteiger partial charge in [-0.05, 0) is 45.0 Å². The van der Waals surface area contributed by atoms with E-state index >= 15 is 0 Å². The second-order valence-electron chi connectivity index (χ2n) is 7.06. The molecule has 28 heavy (non-hydrogen) atoms. The van der Waals surface area contributed by atoms with E-state index < -0.39 is 10.0 Å². The molecule has 1 aromatic carbocycles. The number of carbonyl (C=O) groups is 1. The van der Waals surface area contributed by atoms with Crippen LogP contribution < -0.4 is 5.32 Å². The lowest BCUT2D eigenvalue weighted by Gasteiger charge is -2.26. The molecule has 0 bridgehead atoms. The van der Waals surface area contributed by atoms with Crippen LogP contribution in [-0.4, -0.2) is 61.8 Å². The molecule has 152 valence electrons. The van der Waals surface area contributed by atoms with Crippen molar-refractivity contribution in [1.82, 2.24) is 14.2 Å². The summed E-state index contributed by atoms with van der Waals surface area (Å²) >= 11 is 0. The zero-order valence-electron chi connectivity index (χ0n) is 16.6. The Morgan fingerprint density at radius 3 is 2.36 bits per heavy atom. The van der Waals surface area contributed by atoms with Crippen LogP contribution in [0.2, 0.25) is 0 Å². The van der Waals surface area contributed by atoms with Gasteiger partial charge in [0.05, 0.1) is 30.2 Å². The van der Waals surface area contributed by atoms with Crippen molar-refractivity contribution in [3.8, 4) is 5.69 Å². The minimum Gasteiger partial charge on any atom is -0.379 e. The number of carbonyl (C=O) groups excluding carboxylic acids is 1. The number of aromatic nitrogens is 1. The Kier molecular flexibility index (Phi) is 6.22. The second-order valence-corrected chi connectivity index (χ2v) is 9.14. The summed E-state index contributed by atoms with van der Waals surface area (Å²) in [5, 5.41) is 2.77. The highest BCUT2D eigenvalue weighted by atomic mass is 32.2. The van der Waals surface area contributed by atoms with E-state index in [1.54, 1.807) is 0 Å². The summed E-state index contributed by atoms with van der Waals surface area (Å²) in [6.07, 6.45) is 0. The van der Waals surface area contributed by atoms with E-state index in [1.807, 2.05) is 55.7 Å². The number of nitrogens with one attached hydrogen (secondary N) is 1. The SMILES string of the molecule is Cc1ccc(-n2c(C)ccc2C)c(C(=O)NCCS(=O)(=O)N2CCOCC2)c1. The van der Waals surface area contributed by atoms with Gasteiger partial charge in [0.25, 0.3) is 5.91 Å². The quantitative estimate of drug-likeness (QED) is 0.795. The first-order chi connectivity index (χ1) is 13.3. The smallest absolute Gasteiger partial charge is 0.253 e. The average Bonchev–Trinajstić information content (AvgIpc) is 3.00. The maximum atomic E-state index is 12.8. The van der Waals surface area contributed by atoms with Gasteiger partial charge in [-0.3, -0.25) is 4.79 Å². The standard InChI is InChI=1S/C20H27N3O4S/c1-15-4-7-19(23-16(2)5-6-17(23)3)18(14-15)20(24)21-8-13-28(25,26)22-9-11-27-12-10-22/h4-7,14H,8-13H2,1-3H3,(H,21,24). The largest absolute Gasteiger partial charge is 0.379 e. The molecule has 0 spiro atoms. The number of morpholine rings is 1. The van der Waals surface area contributed by atoms with Crippen LogP contribution in [-0.2, 0) is 14.8 Å². The molecule has 1 amide bonds. The van der Waals surface area contributed by atoms with Gasteiger partial charge >= 0.3 is 0 Å². The average molecular weight is 406 g/mol. The Hall–Kier alpha value is -2.16. The first-order valence-electron chi connectivity index (χ1n) is 9.39. The topological polar surface area (TPSA) is 80.6 Å². The highest BCUT2D eigenvalue weighted by Gasteiger charge is 2.24. The molecule has 1 aromatic heterocycles. The molecule has 7 nitrogen and oxygen atoms in total. The number of amides is 1. The van der Waals surface area contributed by atoms with Crippen molar-refractivity contribution in [1.29, 1.82) is 0 Å². The van der Waals surface area contributed by atoms with Gasteiger partial charge in [-0.25, -0.2) is 8.42 Å². The molecule has 3 rings (SSSR count). The summed E-state index contributed by atoms with van der Waals surface area (Å²) in [4.78, 5) is 12.8. The molecule has 0 unspecified atom stereocenters. The van der Waals surface area contributed by atoms with Crippen LogP contribution in [0.15, 0.2) is 30.3 Å². The number of nitrogens with zero attached hydrogens (tertiary/aromatic N) is 2. The molecule has 0 aliphatic carbocycles. The van der Waals surface area contributed by atoms with Crippen molar-refractivity contribution < 1.29 is 17.9 Å². The molecule has 1 N–H and O–H groups in total. The summed E-state index contributed by atoms with van der Waals surface area (Å²) in [6.45, 7) is 7.53. The Bertz CT molecular complexity index is 940. The Morgan fingerprint density at radius 1 is 1.07 bits per heavy atom. The number of sulfonamides is 1. The van der Waals surface area contributed by atoms with Gasteiger partial charge in [-0.1, -0.05) is 11.6 Å². The van der Waals surface area contributed by atoms with Crippen LogP contribution in [0, 0.1) is 20.8 Å². The third-order valence-corrected chi connectivity index (χ3v) is 6.79. The first kappa shape index (κ1) is 20.6. The third kappa shape index (κ3) is 4.45. The van der Waals surface area contributed by atoms with Crippen LogP contribution in [0.3, 0.4) is 0 Å². The van der Waals surface area contributed by atoms with E-state index in [1.165, 1.54) is 4.31 Å². The zero-order chi connectivity index (χ0) is 20.3. The van der Waals surface area contributed by atoms with Gasteiger partial charge in [0.15, 0.2) is 0 Å². The minimum absolute atomic E-state index is 0.0650. The van der Waals surface area contributed by atoms with E-state index in [0.29, 0.717) is 31.9 Å². The minimum atomic E-state index is -3.40. The van der Waals surface area contributed by atoms with Gasteiger partial charge in [0, 0.05) is 31.0 Å². The Morgan fingerprint density at radius 2 is 1.71 bits per heavy atom. The Labute approximate surface area is 166 Å². The van der Waals surface area contributed by atoms with Crippen LogP contribution >= 0.6 is 0 Å². The lowest BCUT2D eigenvalue weighted by Crippen LogP contribution is -2.43. The molecular weight excluding hydrogens is 378 g/mol. The van der Waals surface area contributed by atoms with E-state index in [9.17, 15) is 13.2 Å². The second kappa shape index (κ2) is 8.46. The van der Waals surface area contributed by atoms with Crippen molar-refractivity contribution in [2.24, 2.45) is 0 Å². The number of hydrogen-bond acceptors (Lipinski definition) is 4. The van der Waals surface area contributed by atoms with Crippen LogP contribution in [0.25, 0.3) is 5.69 Å². The molecule has 0 atom stereocenters. The summed E-state index contributed by atoms with van der Waals surface area (Å²) < 4.78 is 33.5. The molecule has 0 radical (unpaired) electrons. The summed E-state index contributed by atoms with van der Waals surface area (Å²) in [5.41, 5.74) is 4.36. The first-order valence-corrected chi connectivity index (χ1v) is 11.0. The van der Waals surface area contributed by atoms with Crippen LogP contribution in [0.4, 0.5) is 0 Å². The molecule has 2 heterocycles. The fourth-order valence-corrected chi connectivity index (χ4v) is 4.74. The van der Waals surface area contributed by atoms with Crippen LogP contribution in [0.1, 0.15) is 27.3 Å². The van der Waals surface area contributed by atoms with Crippen molar-refractivity contribution in [3.63, 3.8) is 0 Å². The maximum absolute atomic E-state index is 12.8. The highest BCUT2D eigenvalue weighted by Crippen LogP contribution is 2.21. The third-order valence-electron chi connectivity index (χ3n) is 4.92. The number of hydrogen-bond donors (Lipinski definition) is 1. The fourth-order valence-electron chi connectivity index (χ4n) is 3.42. The normalized spacial score (nSPS) is 15.5. The number of benzene rings is 1. The lowest BCUT2D eigenvalue weighted by atomic mass is 10.1. The maximum Gasteiger partial charge on any atom is 0.253 e. The van der Waals surface area contributed by atoms with E-state index in [2.05, 4.69) is 5.32 Å². The monoisotopic (exact) mass is 405 g/mol. The van der Waals surface area contributed by atoms with Crippen molar-refractivity contribution >= 4 is 15.9 Å². The van der Waals surface area contributed by atoms with Gasteiger partial charge in [-0.2, -0.15) is 4.31 Å². The zero-order valence-corrected chi connectivity index (χ0v) is 17.4.